The van der Waals surface area contributed by atoms with Crippen LogP contribution >= 0.6 is 0 Å². The van der Waals surface area contributed by atoms with Gasteiger partial charge in [0.1, 0.15) is 0 Å². The number of nitrogens with one attached hydrogen (secondary N) is 4. The Labute approximate surface area is 279 Å². The smallest absolute Gasteiger partial charge is 0.338 e. The minimum absolute atomic E-state index is 0.127. The molecule has 4 amide bonds. The summed E-state index contributed by atoms with van der Waals surface area (Å²) in [5.41, 5.74) is 5.13. The zero-order chi connectivity index (χ0) is 34.5. The first-order chi connectivity index (χ1) is 23.0. The van der Waals surface area contributed by atoms with E-state index >= 15 is 0 Å². The molecule has 0 saturated heterocycles. The van der Waals surface area contributed by atoms with E-state index in [9.17, 15) is 19.2 Å². The molecule has 12 heteroatoms. The lowest BCUT2D eigenvalue weighted by Crippen LogP contribution is -2.45. The molecule has 5 rings (SSSR count). The number of hydrogen-bond acceptors (Lipinski definition) is 8. The summed E-state index contributed by atoms with van der Waals surface area (Å²) in [6.45, 7) is 3.67. The van der Waals surface area contributed by atoms with Crippen molar-refractivity contribution in [2.24, 2.45) is 0 Å². The van der Waals surface area contributed by atoms with Gasteiger partial charge in [-0.1, -0.05) is 42.5 Å². The zero-order valence-corrected chi connectivity index (χ0v) is 27.8. The largest absolute Gasteiger partial charge is 0.463 e. The third-order valence-electron chi connectivity index (χ3n) is 8.06. The topological polar surface area (TPSA) is 141 Å². The van der Waals surface area contributed by atoms with Gasteiger partial charge in [0, 0.05) is 39.6 Å². The normalized spacial score (nSPS) is 17.5. The molecule has 2 atom stereocenters. The number of anilines is 2. The van der Waals surface area contributed by atoms with E-state index in [0.717, 1.165) is 11.4 Å². The van der Waals surface area contributed by atoms with Crippen LogP contribution in [0.25, 0.3) is 11.4 Å². The lowest BCUT2D eigenvalue weighted by molar-refractivity contribution is -0.139. The Morgan fingerprint density at radius 3 is 1.33 bits per heavy atom. The van der Waals surface area contributed by atoms with E-state index in [4.69, 9.17) is 9.47 Å². The maximum atomic E-state index is 13.5. The SMILES string of the molecule is CCOC(=O)C1=C(c2cccc(C3=C(C(=O)OCC)C(c4ccc(N(C)C)cc4)NC(=O)N3)c2)NC(=O)NC1c1ccc(N(C)C)cc1. The number of carbonyl (C=O) groups excluding carboxylic acids is 4. The first-order valence-electron chi connectivity index (χ1n) is 15.6. The third-order valence-corrected chi connectivity index (χ3v) is 8.06. The van der Waals surface area contributed by atoms with Crippen LogP contribution in [0.1, 0.15) is 48.2 Å². The summed E-state index contributed by atoms with van der Waals surface area (Å²) in [6, 6.07) is 19.3. The van der Waals surface area contributed by atoms with Crippen LogP contribution in [0.2, 0.25) is 0 Å². The van der Waals surface area contributed by atoms with E-state index in [1.165, 1.54) is 0 Å². The van der Waals surface area contributed by atoms with Gasteiger partial charge in [-0.15, -0.1) is 0 Å². The highest BCUT2D eigenvalue weighted by atomic mass is 16.5. The molecule has 0 aromatic heterocycles. The molecule has 4 N–H and O–H groups in total. The number of amides is 4. The Hall–Kier alpha value is -5.78. The van der Waals surface area contributed by atoms with Gasteiger partial charge in [-0.3, -0.25) is 0 Å². The molecule has 12 nitrogen and oxygen atoms in total. The molecule has 2 aliphatic rings. The van der Waals surface area contributed by atoms with E-state index in [1.54, 1.807) is 38.1 Å². The maximum Gasteiger partial charge on any atom is 0.338 e. The van der Waals surface area contributed by atoms with Gasteiger partial charge in [-0.2, -0.15) is 0 Å². The predicted molar refractivity (Wildman–Crippen MR) is 184 cm³/mol. The second-order valence-electron chi connectivity index (χ2n) is 11.6. The first kappa shape index (κ1) is 33.6. The van der Waals surface area contributed by atoms with Gasteiger partial charge in [0.25, 0.3) is 0 Å². The van der Waals surface area contributed by atoms with Crippen molar-refractivity contribution >= 4 is 46.8 Å². The van der Waals surface area contributed by atoms with Crippen molar-refractivity contribution in [1.82, 2.24) is 21.3 Å². The highest BCUT2D eigenvalue weighted by Crippen LogP contribution is 2.36. The van der Waals surface area contributed by atoms with Gasteiger partial charge in [0.05, 0.1) is 47.8 Å². The molecule has 48 heavy (non-hydrogen) atoms. The number of nitrogens with zero attached hydrogens (tertiary/aromatic N) is 2. The van der Waals surface area contributed by atoms with E-state index in [0.29, 0.717) is 22.3 Å². The van der Waals surface area contributed by atoms with Crippen molar-refractivity contribution < 1.29 is 28.7 Å². The van der Waals surface area contributed by atoms with Crippen molar-refractivity contribution in [3.63, 3.8) is 0 Å². The molecule has 2 heterocycles. The van der Waals surface area contributed by atoms with Crippen LogP contribution in [-0.4, -0.2) is 65.4 Å². The average molecular weight is 653 g/mol. The summed E-state index contributed by atoms with van der Waals surface area (Å²) < 4.78 is 10.9. The van der Waals surface area contributed by atoms with E-state index in [1.807, 2.05) is 86.5 Å². The molecule has 0 aliphatic carbocycles. The highest BCUT2D eigenvalue weighted by molar-refractivity contribution is 6.06. The second kappa shape index (κ2) is 14.3. The Kier molecular flexibility index (Phi) is 10.0. The van der Waals surface area contributed by atoms with Gasteiger partial charge in [0.2, 0.25) is 0 Å². The van der Waals surface area contributed by atoms with Gasteiger partial charge < -0.3 is 40.5 Å². The minimum Gasteiger partial charge on any atom is -0.463 e. The van der Waals surface area contributed by atoms with Crippen LogP contribution in [0.3, 0.4) is 0 Å². The molecule has 0 bridgehead atoms. The molecule has 250 valence electrons. The predicted octanol–water partition coefficient (Wildman–Crippen LogP) is 4.48. The Balaban J connectivity index is 1.66. The number of rotatable bonds is 10. The monoisotopic (exact) mass is 652 g/mol. The molecule has 0 saturated carbocycles. The van der Waals surface area contributed by atoms with Crippen LogP contribution in [0.4, 0.5) is 21.0 Å². The number of ether oxygens (including phenoxy) is 2. The second-order valence-corrected chi connectivity index (χ2v) is 11.6. The first-order valence-corrected chi connectivity index (χ1v) is 15.6. The van der Waals surface area contributed by atoms with Crippen LogP contribution in [0, 0.1) is 0 Å². The number of esters is 2. The molecule has 3 aromatic carbocycles. The number of hydrogen-bond donors (Lipinski definition) is 4. The molecular formula is C36H40N6O6. The molecule has 0 spiro atoms. The summed E-state index contributed by atoms with van der Waals surface area (Å²) in [5, 5.41) is 11.3. The van der Waals surface area contributed by atoms with Crippen LogP contribution in [0.15, 0.2) is 83.9 Å². The molecule has 0 radical (unpaired) electrons. The molecule has 3 aromatic rings. The van der Waals surface area contributed by atoms with Crippen LogP contribution < -0.4 is 31.1 Å². The van der Waals surface area contributed by atoms with Gasteiger partial charge in [-0.25, -0.2) is 19.2 Å². The van der Waals surface area contributed by atoms with Crippen molar-refractivity contribution in [3.05, 3.63) is 106 Å². The van der Waals surface area contributed by atoms with E-state index in [-0.39, 0.29) is 35.8 Å². The van der Waals surface area contributed by atoms with Crippen molar-refractivity contribution in [1.29, 1.82) is 0 Å². The lowest BCUT2D eigenvalue weighted by Gasteiger charge is -2.31. The Bertz CT molecular complexity index is 1650. The van der Waals surface area contributed by atoms with E-state index in [2.05, 4.69) is 21.3 Å². The summed E-state index contributed by atoms with van der Waals surface area (Å²) in [6.07, 6.45) is 0. The van der Waals surface area contributed by atoms with Crippen LogP contribution in [-0.2, 0) is 19.1 Å². The fourth-order valence-corrected chi connectivity index (χ4v) is 5.70. The molecular weight excluding hydrogens is 612 g/mol. The lowest BCUT2D eigenvalue weighted by atomic mass is 9.90. The summed E-state index contributed by atoms with van der Waals surface area (Å²) in [5.74, 6) is -1.20. The molecule has 2 unspecified atom stereocenters. The summed E-state index contributed by atoms with van der Waals surface area (Å²) >= 11 is 0. The fraction of sp³-hybridized carbons (Fsp3) is 0.278. The molecule has 0 fully saturated rings. The number of urea groups is 2. The maximum absolute atomic E-state index is 13.5. The standard InChI is InChI=1S/C36H40N6O6/c1-7-47-33(43)27-29(21-12-16-25(17-13-21)41(3)4)37-35(45)39-31(27)23-10-9-11-24(20-23)32-28(34(44)48-8-2)30(38-36(46)40-32)22-14-18-26(19-15-22)42(5)6/h9-20,29-30H,7-8H2,1-6H3,(H2,37,39,45)(H2,38,40,46). The minimum atomic E-state index is -0.810. The van der Waals surface area contributed by atoms with Crippen molar-refractivity contribution in [2.75, 3.05) is 51.2 Å². The number of carbonyl (C=O) groups is 4. The van der Waals surface area contributed by atoms with Gasteiger partial charge in [-0.05, 0) is 66.4 Å². The summed E-state index contributed by atoms with van der Waals surface area (Å²) in [7, 11) is 7.69. The van der Waals surface area contributed by atoms with Gasteiger partial charge in [0.15, 0.2) is 0 Å². The number of benzene rings is 3. The Morgan fingerprint density at radius 1 is 0.625 bits per heavy atom. The summed E-state index contributed by atoms with van der Waals surface area (Å²) in [4.78, 5) is 57.1. The quantitative estimate of drug-likeness (QED) is 0.235. The van der Waals surface area contributed by atoms with Crippen LogP contribution in [0.5, 0.6) is 0 Å². The molecule has 2 aliphatic heterocycles. The highest BCUT2D eigenvalue weighted by Gasteiger charge is 2.37. The average Bonchev–Trinajstić information content (AvgIpc) is 3.07. The Morgan fingerprint density at radius 2 is 1.00 bits per heavy atom. The van der Waals surface area contributed by atoms with Crippen molar-refractivity contribution in [3.8, 4) is 0 Å². The van der Waals surface area contributed by atoms with Gasteiger partial charge >= 0.3 is 24.0 Å². The zero-order valence-electron chi connectivity index (χ0n) is 27.8. The van der Waals surface area contributed by atoms with Crippen molar-refractivity contribution in [2.45, 2.75) is 25.9 Å². The third kappa shape index (κ3) is 6.97. The van der Waals surface area contributed by atoms with E-state index < -0.39 is 36.1 Å². The fourth-order valence-electron chi connectivity index (χ4n) is 5.70.